The van der Waals surface area contributed by atoms with Crippen molar-refractivity contribution in [1.29, 1.82) is 0 Å². The molecule has 0 unspecified atom stereocenters. The van der Waals surface area contributed by atoms with Crippen LogP contribution in [-0.2, 0) is 13.6 Å². The van der Waals surface area contributed by atoms with Crippen molar-refractivity contribution in [3.05, 3.63) is 48.0 Å². The van der Waals surface area contributed by atoms with E-state index in [4.69, 9.17) is 0 Å². The van der Waals surface area contributed by atoms with Gasteiger partial charge in [0, 0.05) is 44.3 Å². The van der Waals surface area contributed by atoms with Gasteiger partial charge in [-0.05, 0) is 30.7 Å². The number of aryl methyl sites for hydroxylation is 1. The molecule has 2 aromatic rings. The quantitative estimate of drug-likeness (QED) is 0.887. The molecular formula is C16H22N4O. The highest BCUT2D eigenvalue weighted by Gasteiger charge is 2.13. The second-order valence-electron chi connectivity index (χ2n) is 5.12. The maximum Gasteiger partial charge on any atom is 0.254 e. The lowest BCUT2D eigenvalue weighted by molar-refractivity contribution is 0.0780. The summed E-state index contributed by atoms with van der Waals surface area (Å²) in [5, 5.41) is 3.30. The summed E-state index contributed by atoms with van der Waals surface area (Å²) in [5.41, 5.74) is 1.73. The standard InChI is InChI=1S/C16H22N4O/c1-4-9-17-14-7-5-13(6-8-14)16(21)20(3)12-15-18-10-11-19(15)2/h5-8,10-11,17H,4,9,12H2,1-3H3. The highest BCUT2D eigenvalue weighted by Crippen LogP contribution is 2.12. The molecule has 0 atom stereocenters. The van der Waals surface area contributed by atoms with E-state index in [-0.39, 0.29) is 5.91 Å². The van der Waals surface area contributed by atoms with Crippen LogP contribution in [0, 0.1) is 0 Å². The molecule has 0 saturated heterocycles. The molecule has 0 saturated carbocycles. The molecule has 0 aliphatic carbocycles. The minimum Gasteiger partial charge on any atom is -0.385 e. The molecule has 1 aromatic carbocycles. The van der Waals surface area contributed by atoms with E-state index in [2.05, 4.69) is 17.2 Å². The van der Waals surface area contributed by atoms with Gasteiger partial charge >= 0.3 is 0 Å². The van der Waals surface area contributed by atoms with Crippen LogP contribution in [0.3, 0.4) is 0 Å². The summed E-state index contributed by atoms with van der Waals surface area (Å²) in [5.74, 6) is 0.868. The molecule has 2 rings (SSSR count). The van der Waals surface area contributed by atoms with E-state index in [0.717, 1.165) is 24.5 Å². The Labute approximate surface area is 125 Å². The predicted molar refractivity (Wildman–Crippen MR) is 84.2 cm³/mol. The average molecular weight is 286 g/mol. The van der Waals surface area contributed by atoms with Crippen LogP contribution >= 0.6 is 0 Å². The number of benzene rings is 1. The van der Waals surface area contributed by atoms with Crippen molar-refractivity contribution >= 4 is 11.6 Å². The van der Waals surface area contributed by atoms with Crippen LogP contribution in [0.15, 0.2) is 36.7 Å². The number of carbonyl (C=O) groups excluding carboxylic acids is 1. The molecule has 0 aliphatic rings. The molecule has 21 heavy (non-hydrogen) atoms. The Morgan fingerprint density at radius 2 is 2.05 bits per heavy atom. The fourth-order valence-electron chi connectivity index (χ4n) is 2.05. The Hall–Kier alpha value is -2.30. The topological polar surface area (TPSA) is 50.2 Å². The molecule has 5 nitrogen and oxygen atoms in total. The molecule has 0 aliphatic heterocycles. The Bertz CT molecular complexity index is 589. The van der Waals surface area contributed by atoms with Crippen molar-refractivity contribution in [2.45, 2.75) is 19.9 Å². The summed E-state index contributed by atoms with van der Waals surface area (Å²) in [6.45, 7) is 3.56. The van der Waals surface area contributed by atoms with E-state index in [1.54, 1.807) is 18.1 Å². The fourth-order valence-corrected chi connectivity index (χ4v) is 2.05. The van der Waals surface area contributed by atoms with Gasteiger partial charge in [-0.25, -0.2) is 4.98 Å². The van der Waals surface area contributed by atoms with Crippen LogP contribution in [0.5, 0.6) is 0 Å². The maximum absolute atomic E-state index is 12.4. The van der Waals surface area contributed by atoms with Gasteiger partial charge in [-0.15, -0.1) is 0 Å². The molecule has 112 valence electrons. The van der Waals surface area contributed by atoms with Crippen molar-refractivity contribution in [1.82, 2.24) is 14.5 Å². The van der Waals surface area contributed by atoms with Gasteiger partial charge in [-0.3, -0.25) is 4.79 Å². The van der Waals surface area contributed by atoms with Gasteiger partial charge < -0.3 is 14.8 Å². The van der Waals surface area contributed by atoms with Crippen LogP contribution in [0.4, 0.5) is 5.69 Å². The highest BCUT2D eigenvalue weighted by atomic mass is 16.2. The van der Waals surface area contributed by atoms with E-state index in [9.17, 15) is 4.79 Å². The molecule has 0 fully saturated rings. The van der Waals surface area contributed by atoms with E-state index >= 15 is 0 Å². The number of amides is 1. The average Bonchev–Trinajstić information content (AvgIpc) is 2.90. The van der Waals surface area contributed by atoms with Gasteiger partial charge in [0.05, 0.1) is 6.54 Å². The zero-order valence-electron chi connectivity index (χ0n) is 12.8. The zero-order chi connectivity index (χ0) is 15.2. The molecule has 1 amide bonds. The summed E-state index contributed by atoms with van der Waals surface area (Å²) in [4.78, 5) is 18.3. The number of hydrogen-bond acceptors (Lipinski definition) is 3. The third-order valence-electron chi connectivity index (χ3n) is 3.36. The lowest BCUT2D eigenvalue weighted by Crippen LogP contribution is -2.27. The summed E-state index contributed by atoms with van der Waals surface area (Å²) >= 11 is 0. The van der Waals surface area contributed by atoms with E-state index in [1.165, 1.54) is 0 Å². The van der Waals surface area contributed by atoms with Gasteiger partial charge in [0.15, 0.2) is 0 Å². The molecular weight excluding hydrogens is 264 g/mol. The number of anilines is 1. The Kier molecular flexibility index (Phi) is 4.98. The molecule has 0 spiro atoms. The van der Waals surface area contributed by atoms with Crippen molar-refractivity contribution in [2.24, 2.45) is 7.05 Å². The predicted octanol–water partition coefficient (Wildman–Crippen LogP) is 2.51. The van der Waals surface area contributed by atoms with E-state index in [0.29, 0.717) is 12.1 Å². The van der Waals surface area contributed by atoms with Crippen LogP contribution in [-0.4, -0.2) is 34.0 Å². The van der Waals surface area contributed by atoms with Gasteiger partial charge in [0.2, 0.25) is 0 Å². The fraction of sp³-hybridized carbons (Fsp3) is 0.375. The number of rotatable bonds is 6. The SMILES string of the molecule is CCCNc1ccc(C(=O)N(C)Cc2nccn2C)cc1. The van der Waals surface area contributed by atoms with Crippen molar-refractivity contribution in [3.8, 4) is 0 Å². The number of nitrogens with zero attached hydrogens (tertiary/aromatic N) is 3. The number of carbonyl (C=O) groups is 1. The lowest BCUT2D eigenvalue weighted by atomic mass is 10.2. The lowest BCUT2D eigenvalue weighted by Gasteiger charge is -2.17. The molecule has 1 aromatic heterocycles. The van der Waals surface area contributed by atoms with Crippen LogP contribution < -0.4 is 5.32 Å². The minimum absolute atomic E-state index is 0.0000384. The first-order chi connectivity index (χ1) is 10.1. The first-order valence-corrected chi connectivity index (χ1v) is 7.17. The van der Waals surface area contributed by atoms with Crippen molar-refractivity contribution in [2.75, 3.05) is 18.9 Å². The van der Waals surface area contributed by atoms with Crippen LogP contribution in [0.1, 0.15) is 29.5 Å². The van der Waals surface area contributed by atoms with Crippen LogP contribution in [0.25, 0.3) is 0 Å². The van der Waals surface area contributed by atoms with Gasteiger partial charge in [-0.1, -0.05) is 6.92 Å². The molecule has 5 heteroatoms. The molecule has 0 radical (unpaired) electrons. The molecule has 1 heterocycles. The monoisotopic (exact) mass is 286 g/mol. The van der Waals surface area contributed by atoms with E-state index < -0.39 is 0 Å². The second kappa shape index (κ2) is 6.92. The number of aromatic nitrogens is 2. The Balaban J connectivity index is 2.00. The minimum atomic E-state index is 0.0000384. The Morgan fingerprint density at radius 1 is 1.33 bits per heavy atom. The number of nitrogens with one attached hydrogen (secondary N) is 1. The molecule has 1 N–H and O–H groups in total. The zero-order valence-corrected chi connectivity index (χ0v) is 12.8. The summed E-state index contributed by atoms with van der Waals surface area (Å²) in [7, 11) is 3.72. The van der Waals surface area contributed by atoms with Gasteiger partial charge in [-0.2, -0.15) is 0 Å². The first-order valence-electron chi connectivity index (χ1n) is 7.17. The van der Waals surface area contributed by atoms with E-state index in [1.807, 2.05) is 42.1 Å². The van der Waals surface area contributed by atoms with Crippen molar-refractivity contribution < 1.29 is 4.79 Å². The largest absolute Gasteiger partial charge is 0.385 e. The molecule has 0 bridgehead atoms. The summed E-state index contributed by atoms with van der Waals surface area (Å²) < 4.78 is 1.92. The summed E-state index contributed by atoms with van der Waals surface area (Å²) in [6, 6.07) is 7.60. The normalized spacial score (nSPS) is 10.4. The number of imidazole rings is 1. The van der Waals surface area contributed by atoms with Gasteiger partial charge in [0.25, 0.3) is 5.91 Å². The third-order valence-corrected chi connectivity index (χ3v) is 3.36. The number of hydrogen-bond donors (Lipinski definition) is 1. The highest BCUT2D eigenvalue weighted by molar-refractivity contribution is 5.94. The van der Waals surface area contributed by atoms with Crippen LogP contribution in [0.2, 0.25) is 0 Å². The maximum atomic E-state index is 12.4. The van der Waals surface area contributed by atoms with Gasteiger partial charge in [0.1, 0.15) is 5.82 Å². The second-order valence-corrected chi connectivity index (χ2v) is 5.12. The summed E-state index contributed by atoms with van der Waals surface area (Å²) in [6.07, 6.45) is 4.69. The first kappa shape index (κ1) is 15.1. The third kappa shape index (κ3) is 3.84. The Morgan fingerprint density at radius 3 is 2.62 bits per heavy atom. The smallest absolute Gasteiger partial charge is 0.254 e. The van der Waals surface area contributed by atoms with Crippen molar-refractivity contribution in [3.63, 3.8) is 0 Å².